The van der Waals surface area contributed by atoms with Gasteiger partial charge in [-0.15, -0.1) is 0 Å². The number of benzene rings is 2. The summed E-state index contributed by atoms with van der Waals surface area (Å²) >= 11 is 0. The molecule has 154 valence electrons. The Morgan fingerprint density at radius 1 is 0.357 bits per heavy atom. The summed E-state index contributed by atoms with van der Waals surface area (Å²) in [7, 11) is -8.08. The zero-order valence-electron chi connectivity index (χ0n) is 14.8. The van der Waals surface area contributed by atoms with E-state index in [1.165, 1.54) is 19.6 Å². The predicted molar refractivity (Wildman–Crippen MR) is 86.7 cm³/mol. The van der Waals surface area contributed by atoms with Gasteiger partial charge in [0.1, 0.15) is 7.59 Å². The summed E-state index contributed by atoms with van der Waals surface area (Å²) in [6.07, 6.45) is 0. The Morgan fingerprint density at radius 3 is 0.714 bits per heavy atom. The van der Waals surface area contributed by atoms with Crippen molar-refractivity contribution in [2.75, 3.05) is 0 Å². The van der Waals surface area contributed by atoms with Gasteiger partial charge in [0, 0.05) is 18.0 Å². The van der Waals surface area contributed by atoms with E-state index < -0.39 is 83.7 Å². The minimum atomic E-state index is -4.71. The van der Waals surface area contributed by atoms with Gasteiger partial charge in [0.25, 0.3) is 0 Å². The van der Waals surface area contributed by atoms with Gasteiger partial charge < -0.3 is 0 Å². The van der Waals surface area contributed by atoms with Gasteiger partial charge in [0.15, 0.2) is 46.5 Å². The molecule has 0 aliphatic rings. The van der Waals surface area contributed by atoms with Gasteiger partial charge in [-0.1, -0.05) is 26.2 Å². The summed E-state index contributed by atoms with van der Waals surface area (Å²) in [5, 5.41) is -3.04. The van der Waals surface area contributed by atoms with Crippen molar-refractivity contribution in [3.8, 4) is 0 Å². The highest BCUT2D eigenvalue weighted by Gasteiger charge is 2.54. The van der Waals surface area contributed by atoms with E-state index in [-0.39, 0.29) is 0 Å². The Kier molecular flexibility index (Phi) is 5.54. The van der Waals surface area contributed by atoms with E-state index >= 15 is 0 Å². The summed E-state index contributed by atoms with van der Waals surface area (Å²) in [6.45, 7) is 4.65. The molecule has 0 fully saturated rings. The first kappa shape index (κ1) is 22.5. The first-order valence-corrected chi connectivity index (χ1v) is 14.6. The second-order valence-electron chi connectivity index (χ2n) is 7.26. The average molecular weight is 450 g/mol. The van der Waals surface area contributed by atoms with Crippen LogP contribution in [0, 0.1) is 58.2 Å². The molecule has 2 aromatic carbocycles. The number of rotatable bonds is 3. The van der Waals surface area contributed by atoms with Crippen LogP contribution in [-0.4, -0.2) is 15.2 Å². The largest absolute Gasteiger partial charge is 0.204 e. The number of hydrogen-bond donors (Lipinski definition) is 0. The van der Waals surface area contributed by atoms with E-state index in [9.17, 15) is 43.9 Å². The van der Waals surface area contributed by atoms with Crippen LogP contribution in [0.4, 0.5) is 43.9 Å². The first-order valence-electron chi connectivity index (χ1n) is 7.64. The smallest absolute Gasteiger partial charge is 0.200 e. The van der Waals surface area contributed by atoms with Crippen molar-refractivity contribution < 1.29 is 43.9 Å². The monoisotopic (exact) mass is 450 g/mol. The van der Waals surface area contributed by atoms with Gasteiger partial charge in [-0.05, 0) is 0 Å². The molecule has 0 atom stereocenters. The molecule has 0 aliphatic carbocycles. The summed E-state index contributed by atoms with van der Waals surface area (Å²) < 4.78 is 140. The van der Waals surface area contributed by atoms with Gasteiger partial charge >= 0.3 is 0 Å². The van der Waals surface area contributed by atoms with Gasteiger partial charge in [-0.3, -0.25) is 0 Å². The lowest BCUT2D eigenvalue weighted by molar-refractivity contribution is 0.382. The molecular formula is C16H12F10Si2. The van der Waals surface area contributed by atoms with E-state index in [0.29, 0.717) is 0 Å². The second kappa shape index (κ2) is 6.90. The Bertz CT molecular complexity index is 853. The molecule has 0 nitrogen and oxygen atoms in total. The summed E-state index contributed by atoms with van der Waals surface area (Å²) in [6, 6.07) is 0. The molecule has 0 heterocycles. The van der Waals surface area contributed by atoms with Crippen molar-refractivity contribution in [3.05, 3.63) is 58.2 Å². The Morgan fingerprint density at radius 2 is 0.536 bits per heavy atom. The fourth-order valence-corrected chi connectivity index (χ4v) is 12.7. The van der Waals surface area contributed by atoms with Crippen molar-refractivity contribution in [1.29, 1.82) is 0 Å². The fourth-order valence-electron chi connectivity index (χ4n) is 2.96. The van der Waals surface area contributed by atoms with Crippen LogP contribution in [0.15, 0.2) is 0 Å². The third kappa shape index (κ3) is 2.88. The summed E-state index contributed by atoms with van der Waals surface area (Å²) in [5.41, 5.74) is 0. The number of hydrogen-bond acceptors (Lipinski definition) is 0. The van der Waals surface area contributed by atoms with Crippen LogP contribution in [-0.2, 0) is 0 Å². The number of halogens is 10. The van der Waals surface area contributed by atoms with E-state index in [4.69, 9.17) is 0 Å². The molecule has 28 heavy (non-hydrogen) atoms. The molecule has 0 unspecified atom stereocenters. The highest BCUT2D eigenvalue weighted by molar-refractivity contribution is 7.50. The molecule has 0 radical (unpaired) electrons. The Hall–Kier alpha value is -1.83. The van der Waals surface area contributed by atoms with Crippen LogP contribution in [0.2, 0.25) is 26.2 Å². The molecule has 0 bridgehead atoms. The van der Waals surface area contributed by atoms with E-state index in [2.05, 4.69) is 0 Å². The van der Waals surface area contributed by atoms with Crippen molar-refractivity contribution in [2.24, 2.45) is 0 Å². The molecule has 0 aliphatic heterocycles. The molecule has 0 saturated heterocycles. The minimum absolute atomic E-state index is 0.829. The normalized spacial score (nSPS) is 12.6. The molecular weight excluding hydrogens is 438 g/mol. The first-order chi connectivity index (χ1) is 12.6. The molecule has 0 amide bonds. The van der Waals surface area contributed by atoms with Crippen LogP contribution in [0.3, 0.4) is 0 Å². The molecule has 12 heteroatoms. The lowest BCUT2D eigenvalue weighted by Gasteiger charge is -2.40. The van der Waals surface area contributed by atoms with Crippen LogP contribution in [0.25, 0.3) is 0 Å². The third-order valence-electron chi connectivity index (χ3n) is 4.92. The second-order valence-corrected chi connectivity index (χ2v) is 22.5. The summed E-state index contributed by atoms with van der Waals surface area (Å²) in [5.74, 6) is -23.9. The van der Waals surface area contributed by atoms with Crippen molar-refractivity contribution in [1.82, 2.24) is 0 Å². The quantitative estimate of drug-likeness (QED) is 0.276. The highest BCUT2D eigenvalue weighted by atomic mass is 29.3. The minimum Gasteiger partial charge on any atom is -0.204 e. The van der Waals surface area contributed by atoms with E-state index in [1.54, 1.807) is 0 Å². The van der Waals surface area contributed by atoms with Crippen molar-refractivity contribution in [2.45, 2.75) is 26.2 Å². The van der Waals surface area contributed by atoms with Crippen molar-refractivity contribution >= 4 is 25.6 Å². The molecule has 0 N–H and O–H groups in total. The molecule has 2 rings (SSSR count). The van der Waals surface area contributed by atoms with Gasteiger partial charge in [0.05, 0.1) is 0 Å². The molecule has 0 spiro atoms. The highest BCUT2D eigenvalue weighted by Crippen LogP contribution is 2.29. The molecule has 0 saturated carbocycles. The van der Waals surface area contributed by atoms with Crippen LogP contribution >= 0.6 is 0 Å². The SMILES string of the molecule is C[Si](C)(C)[Si](C)(c1c(F)c(F)c(F)c(F)c1F)c1c(F)c(F)c(F)c(F)c1F. The maximum absolute atomic E-state index is 14.5. The fraction of sp³-hybridized carbons (Fsp3) is 0.250. The zero-order chi connectivity index (χ0) is 21.9. The topological polar surface area (TPSA) is 0 Å². The van der Waals surface area contributed by atoms with Crippen LogP contribution < -0.4 is 10.4 Å². The predicted octanol–water partition coefficient (Wildman–Crippen LogP) is 4.69. The van der Waals surface area contributed by atoms with E-state index in [1.807, 2.05) is 0 Å². The van der Waals surface area contributed by atoms with Gasteiger partial charge in [-0.2, -0.15) is 0 Å². The lowest BCUT2D eigenvalue weighted by atomic mass is 10.3. The van der Waals surface area contributed by atoms with Crippen LogP contribution in [0.1, 0.15) is 0 Å². The van der Waals surface area contributed by atoms with Gasteiger partial charge in [-0.25, -0.2) is 43.9 Å². The zero-order valence-corrected chi connectivity index (χ0v) is 16.8. The molecule has 2 aromatic rings. The Labute approximate surface area is 154 Å². The van der Waals surface area contributed by atoms with Crippen LogP contribution in [0.5, 0.6) is 0 Å². The van der Waals surface area contributed by atoms with Gasteiger partial charge in [0.2, 0.25) is 11.6 Å². The van der Waals surface area contributed by atoms with Crippen molar-refractivity contribution in [3.63, 3.8) is 0 Å². The third-order valence-corrected chi connectivity index (χ3v) is 21.3. The molecule has 0 aromatic heterocycles. The Balaban J connectivity index is 3.17. The lowest BCUT2D eigenvalue weighted by Crippen LogP contribution is -2.74. The average Bonchev–Trinajstić information content (AvgIpc) is 2.60. The standard InChI is InChI=1S/C16H12F10Si2/c1-27(2,3)28(4,15-11(23)7(19)5(17)8(20)12(15)24)16-13(25)9(21)6(18)10(22)14(16)26/h1-4H3. The maximum Gasteiger partial charge on any atom is 0.200 e. The summed E-state index contributed by atoms with van der Waals surface area (Å²) in [4.78, 5) is 0. The maximum atomic E-state index is 14.5. The van der Waals surface area contributed by atoms with E-state index in [0.717, 1.165) is 6.55 Å².